The minimum absolute atomic E-state index is 0.0571. The number of aryl methyl sites for hydroxylation is 1. The molecule has 0 saturated heterocycles. The van der Waals surface area contributed by atoms with E-state index in [9.17, 15) is 4.79 Å². The van der Waals surface area contributed by atoms with Gasteiger partial charge < -0.3 is 10.6 Å². The maximum atomic E-state index is 10.9. The molecule has 0 radical (unpaired) electrons. The first kappa shape index (κ1) is 14.5. The molecule has 2 N–H and O–H groups in total. The maximum absolute atomic E-state index is 10.9. The number of benzene rings is 1. The van der Waals surface area contributed by atoms with Crippen molar-refractivity contribution in [3.63, 3.8) is 0 Å². The lowest BCUT2D eigenvalue weighted by molar-refractivity contribution is -0.115. The number of carbonyl (C=O) groups is 1. The van der Waals surface area contributed by atoms with Crippen LogP contribution in [0.4, 0.5) is 17.3 Å². The summed E-state index contributed by atoms with van der Waals surface area (Å²) >= 11 is 3.47. The van der Waals surface area contributed by atoms with E-state index in [0.29, 0.717) is 11.6 Å². The van der Waals surface area contributed by atoms with Crippen LogP contribution in [-0.4, -0.2) is 22.3 Å². The van der Waals surface area contributed by atoms with E-state index in [2.05, 4.69) is 36.5 Å². The average molecular weight is 335 g/mol. The Morgan fingerprint density at radius 1 is 1.25 bits per heavy atom. The summed E-state index contributed by atoms with van der Waals surface area (Å²) in [6, 6.07) is 7.73. The molecule has 5 nitrogen and oxygen atoms in total. The lowest BCUT2D eigenvalue weighted by atomic mass is 10.2. The molecule has 0 amide bonds. The Morgan fingerprint density at radius 3 is 2.70 bits per heavy atom. The zero-order chi connectivity index (χ0) is 14.5. The molecule has 0 aliphatic rings. The summed E-state index contributed by atoms with van der Waals surface area (Å²) in [5.74, 6) is 1.35. The van der Waals surface area contributed by atoms with Crippen LogP contribution in [0.25, 0.3) is 0 Å². The summed E-state index contributed by atoms with van der Waals surface area (Å²) in [5, 5.41) is 6.15. The Labute approximate surface area is 126 Å². The van der Waals surface area contributed by atoms with E-state index >= 15 is 0 Å². The topological polar surface area (TPSA) is 66.9 Å². The molecule has 2 rings (SSSR count). The average Bonchev–Trinajstić information content (AvgIpc) is 2.41. The summed E-state index contributed by atoms with van der Waals surface area (Å²) in [6.45, 7) is 3.81. The zero-order valence-electron chi connectivity index (χ0n) is 11.3. The van der Waals surface area contributed by atoms with Crippen LogP contribution in [0.5, 0.6) is 0 Å². The number of halogens is 1. The predicted octanol–water partition coefficient (Wildman–Crippen LogP) is 3.29. The predicted molar refractivity (Wildman–Crippen MR) is 83.4 cm³/mol. The van der Waals surface area contributed by atoms with Gasteiger partial charge in [0.15, 0.2) is 0 Å². The van der Waals surface area contributed by atoms with E-state index in [4.69, 9.17) is 0 Å². The van der Waals surface area contributed by atoms with Crippen molar-refractivity contribution >= 4 is 39.0 Å². The van der Waals surface area contributed by atoms with E-state index in [1.807, 2.05) is 25.1 Å². The van der Waals surface area contributed by atoms with Gasteiger partial charge in [-0.3, -0.25) is 4.79 Å². The van der Waals surface area contributed by atoms with E-state index in [0.717, 1.165) is 15.7 Å². The number of aromatic nitrogens is 2. The van der Waals surface area contributed by atoms with E-state index in [1.54, 1.807) is 6.07 Å². The van der Waals surface area contributed by atoms with Crippen molar-refractivity contribution in [2.45, 2.75) is 13.8 Å². The third-order valence-electron chi connectivity index (χ3n) is 2.62. The smallest absolute Gasteiger partial charge is 0.148 e. The molecule has 104 valence electrons. The standard InChI is InChI=1S/C14H15BrN4O/c1-9-5-11(3-4-12(9)15)19-14-6-13(17-8-18-14)16-7-10(2)20/h3-6,8H,7H2,1-2H3,(H2,16,17,18,19). The highest BCUT2D eigenvalue weighted by molar-refractivity contribution is 9.10. The van der Waals surface area contributed by atoms with Gasteiger partial charge in [0.25, 0.3) is 0 Å². The van der Waals surface area contributed by atoms with Gasteiger partial charge in [0, 0.05) is 16.2 Å². The minimum atomic E-state index is 0.0571. The van der Waals surface area contributed by atoms with Crippen molar-refractivity contribution in [2.24, 2.45) is 0 Å². The number of hydrogen-bond donors (Lipinski definition) is 2. The highest BCUT2D eigenvalue weighted by Crippen LogP contribution is 2.22. The Kier molecular flexibility index (Phi) is 4.68. The monoisotopic (exact) mass is 334 g/mol. The van der Waals surface area contributed by atoms with Crippen LogP contribution in [-0.2, 0) is 4.79 Å². The van der Waals surface area contributed by atoms with E-state index in [1.165, 1.54) is 13.3 Å². The highest BCUT2D eigenvalue weighted by Gasteiger charge is 2.02. The third-order valence-corrected chi connectivity index (χ3v) is 3.51. The van der Waals surface area contributed by atoms with Crippen molar-refractivity contribution in [1.29, 1.82) is 0 Å². The van der Waals surface area contributed by atoms with Crippen LogP contribution in [0.1, 0.15) is 12.5 Å². The van der Waals surface area contributed by atoms with Gasteiger partial charge in [-0.1, -0.05) is 15.9 Å². The molecule has 1 aromatic heterocycles. The molecule has 0 fully saturated rings. The second kappa shape index (κ2) is 6.47. The van der Waals surface area contributed by atoms with E-state index < -0.39 is 0 Å². The molecule has 0 saturated carbocycles. The number of nitrogens with zero attached hydrogens (tertiary/aromatic N) is 2. The van der Waals surface area contributed by atoms with Gasteiger partial charge >= 0.3 is 0 Å². The van der Waals surface area contributed by atoms with Gasteiger partial charge in [0.05, 0.1) is 6.54 Å². The largest absolute Gasteiger partial charge is 0.363 e. The highest BCUT2D eigenvalue weighted by atomic mass is 79.9. The quantitative estimate of drug-likeness (QED) is 0.878. The number of ketones is 1. The molecular formula is C14H15BrN4O. The Bertz CT molecular complexity index is 630. The van der Waals surface area contributed by atoms with E-state index in [-0.39, 0.29) is 12.3 Å². The SMILES string of the molecule is CC(=O)CNc1cc(Nc2ccc(Br)c(C)c2)ncn1. The molecule has 2 aromatic rings. The summed E-state index contributed by atoms with van der Waals surface area (Å²) in [7, 11) is 0. The van der Waals surface area contributed by atoms with Gasteiger partial charge in [-0.05, 0) is 37.6 Å². The molecule has 0 spiro atoms. The van der Waals surface area contributed by atoms with Crippen LogP contribution in [0.2, 0.25) is 0 Å². The second-order valence-corrected chi connectivity index (χ2v) is 5.29. The normalized spacial score (nSPS) is 10.2. The van der Waals surface area contributed by atoms with Gasteiger partial charge in [-0.2, -0.15) is 0 Å². The molecule has 0 aliphatic heterocycles. The zero-order valence-corrected chi connectivity index (χ0v) is 12.9. The van der Waals surface area contributed by atoms with Crippen LogP contribution in [0, 0.1) is 6.92 Å². The summed E-state index contributed by atoms with van der Waals surface area (Å²) in [5.41, 5.74) is 2.08. The molecule has 0 unspecified atom stereocenters. The molecule has 0 aliphatic carbocycles. The third kappa shape index (κ3) is 4.03. The first-order chi connectivity index (χ1) is 9.54. The fourth-order valence-corrected chi connectivity index (χ4v) is 1.85. The number of nitrogens with one attached hydrogen (secondary N) is 2. The van der Waals surface area contributed by atoms with Gasteiger partial charge in [-0.25, -0.2) is 9.97 Å². The fraction of sp³-hybridized carbons (Fsp3) is 0.214. The van der Waals surface area contributed by atoms with Crippen LogP contribution in [0.3, 0.4) is 0 Å². The molecule has 6 heteroatoms. The summed E-state index contributed by atoms with van der Waals surface area (Å²) < 4.78 is 1.06. The fourth-order valence-electron chi connectivity index (χ4n) is 1.61. The first-order valence-electron chi connectivity index (χ1n) is 6.13. The second-order valence-electron chi connectivity index (χ2n) is 4.43. The van der Waals surface area contributed by atoms with Crippen LogP contribution >= 0.6 is 15.9 Å². The lowest BCUT2D eigenvalue weighted by Gasteiger charge is -2.09. The van der Waals surface area contributed by atoms with Crippen molar-refractivity contribution in [2.75, 3.05) is 17.2 Å². The Balaban J connectivity index is 2.10. The summed E-state index contributed by atoms with van der Waals surface area (Å²) in [4.78, 5) is 19.2. The van der Waals surface area contributed by atoms with Gasteiger partial charge in [-0.15, -0.1) is 0 Å². The maximum Gasteiger partial charge on any atom is 0.148 e. The number of hydrogen-bond acceptors (Lipinski definition) is 5. The first-order valence-corrected chi connectivity index (χ1v) is 6.92. The number of Topliss-reactive ketones (excluding diaryl/α,β-unsaturated/α-hetero) is 1. The Hall–Kier alpha value is -1.95. The van der Waals surface area contributed by atoms with Crippen molar-refractivity contribution in [3.05, 3.63) is 40.6 Å². The molecule has 0 bridgehead atoms. The summed E-state index contributed by atoms with van der Waals surface area (Å²) in [6.07, 6.45) is 1.45. The van der Waals surface area contributed by atoms with Crippen molar-refractivity contribution in [1.82, 2.24) is 9.97 Å². The van der Waals surface area contributed by atoms with Crippen molar-refractivity contribution < 1.29 is 4.79 Å². The number of anilines is 3. The van der Waals surface area contributed by atoms with Crippen molar-refractivity contribution in [3.8, 4) is 0 Å². The Morgan fingerprint density at radius 2 is 2.00 bits per heavy atom. The minimum Gasteiger partial charge on any atom is -0.363 e. The van der Waals surface area contributed by atoms with Crippen LogP contribution in [0.15, 0.2) is 35.1 Å². The van der Waals surface area contributed by atoms with Gasteiger partial charge in [0.1, 0.15) is 23.7 Å². The molecular weight excluding hydrogens is 320 g/mol. The van der Waals surface area contributed by atoms with Crippen LogP contribution < -0.4 is 10.6 Å². The molecule has 20 heavy (non-hydrogen) atoms. The number of carbonyl (C=O) groups excluding carboxylic acids is 1. The molecule has 1 aromatic carbocycles. The number of rotatable bonds is 5. The van der Waals surface area contributed by atoms with Gasteiger partial charge in [0.2, 0.25) is 0 Å². The lowest BCUT2D eigenvalue weighted by Crippen LogP contribution is -2.11. The molecule has 0 atom stereocenters. The molecule has 1 heterocycles.